The number of para-hydroxylation sites is 1. The van der Waals surface area contributed by atoms with Gasteiger partial charge in [-0.25, -0.2) is 0 Å². The molecule has 3 nitrogen and oxygen atoms in total. The monoisotopic (exact) mass is 275 g/mol. The zero-order chi connectivity index (χ0) is 13.2. The second-order valence-corrected chi connectivity index (χ2v) is 6.35. The molecule has 1 unspecified atom stereocenters. The van der Waals surface area contributed by atoms with Crippen LogP contribution in [0.15, 0.2) is 24.3 Å². The summed E-state index contributed by atoms with van der Waals surface area (Å²) in [6, 6.07) is 7.51. The van der Waals surface area contributed by atoms with Gasteiger partial charge in [-0.15, -0.1) is 11.8 Å². The van der Waals surface area contributed by atoms with Crippen LogP contribution in [0, 0.1) is 0 Å². The topological polar surface area (TPSA) is 37.4 Å². The molecule has 0 aromatic heterocycles. The van der Waals surface area contributed by atoms with Crippen molar-refractivity contribution in [3.63, 3.8) is 0 Å². The fourth-order valence-electron chi connectivity index (χ4n) is 2.77. The van der Waals surface area contributed by atoms with E-state index in [0.717, 1.165) is 30.7 Å². The Balaban J connectivity index is 1.94. The Morgan fingerprint density at radius 1 is 1.26 bits per heavy atom. The lowest BCUT2D eigenvalue weighted by atomic mass is 10.1. The lowest BCUT2D eigenvalue weighted by Gasteiger charge is -2.25. The molecule has 0 N–H and O–H groups in total. The van der Waals surface area contributed by atoms with E-state index in [0.29, 0.717) is 18.5 Å². The number of ketones is 1. The van der Waals surface area contributed by atoms with Crippen LogP contribution in [0.2, 0.25) is 0 Å². The normalized spacial score (nSPS) is 23.1. The predicted molar refractivity (Wildman–Crippen MR) is 77.8 cm³/mol. The van der Waals surface area contributed by atoms with Crippen molar-refractivity contribution < 1.29 is 9.59 Å². The number of nitrogens with zero attached hydrogens (tertiary/aromatic N) is 1. The molecule has 1 fully saturated rings. The quantitative estimate of drug-likeness (QED) is 0.791. The van der Waals surface area contributed by atoms with Gasteiger partial charge < -0.3 is 4.90 Å². The molecule has 4 heteroatoms. The van der Waals surface area contributed by atoms with Gasteiger partial charge >= 0.3 is 0 Å². The summed E-state index contributed by atoms with van der Waals surface area (Å²) >= 11 is 1.75. The second kappa shape index (κ2) is 5.37. The largest absolute Gasteiger partial charge is 0.311 e. The van der Waals surface area contributed by atoms with Crippen molar-refractivity contribution in [3.05, 3.63) is 29.8 Å². The van der Waals surface area contributed by atoms with Crippen LogP contribution < -0.4 is 4.90 Å². The van der Waals surface area contributed by atoms with Crippen LogP contribution >= 0.6 is 11.8 Å². The van der Waals surface area contributed by atoms with Crippen LogP contribution in [0.3, 0.4) is 0 Å². The molecule has 1 aromatic carbocycles. The molecule has 0 aliphatic carbocycles. The summed E-state index contributed by atoms with van der Waals surface area (Å²) in [6.45, 7) is 0.665. The first-order valence-electron chi connectivity index (χ1n) is 6.82. The van der Waals surface area contributed by atoms with E-state index in [1.807, 2.05) is 29.2 Å². The zero-order valence-electron chi connectivity index (χ0n) is 10.8. The number of hydrogen-bond acceptors (Lipinski definition) is 3. The smallest absolute Gasteiger partial charge is 0.240 e. The number of thioether (sulfide) groups is 1. The molecule has 3 rings (SSSR count). The van der Waals surface area contributed by atoms with E-state index in [4.69, 9.17) is 0 Å². The highest BCUT2D eigenvalue weighted by atomic mass is 32.2. The summed E-state index contributed by atoms with van der Waals surface area (Å²) in [5.74, 6) is 1.42. The minimum absolute atomic E-state index is 0.0845. The first-order chi connectivity index (χ1) is 9.27. The Morgan fingerprint density at radius 3 is 2.89 bits per heavy atom. The fraction of sp³-hybridized carbons (Fsp3) is 0.467. The summed E-state index contributed by atoms with van der Waals surface area (Å²) in [7, 11) is 0. The van der Waals surface area contributed by atoms with Gasteiger partial charge in [0.05, 0.1) is 10.9 Å². The Kier molecular flexibility index (Phi) is 3.60. The molecule has 0 spiro atoms. The lowest BCUT2D eigenvalue weighted by molar-refractivity contribution is -0.118. The average molecular weight is 275 g/mol. The van der Waals surface area contributed by atoms with Crippen LogP contribution in [0.4, 0.5) is 5.69 Å². The van der Waals surface area contributed by atoms with Gasteiger partial charge in [-0.3, -0.25) is 9.59 Å². The number of carbonyl (C=O) groups excluding carboxylic acids is 2. The zero-order valence-corrected chi connectivity index (χ0v) is 11.6. The van der Waals surface area contributed by atoms with Crippen LogP contribution in [0.5, 0.6) is 0 Å². The van der Waals surface area contributed by atoms with Crippen LogP contribution in [0.1, 0.15) is 36.0 Å². The molecule has 1 saturated heterocycles. The van der Waals surface area contributed by atoms with Crippen LogP contribution in [0.25, 0.3) is 0 Å². The van der Waals surface area contributed by atoms with Crippen molar-refractivity contribution in [1.29, 1.82) is 0 Å². The van der Waals surface area contributed by atoms with Crippen molar-refractivity contribution in [3.8, 4) is 0 Å². The molecule has 0 bridgehead atoms. The van der Waals surface area contributed by atoms with Crippen molar-refractivity contribution in [2.45, 2.75) is 30.9 Å². The molecule has 1 aromatic rings. The molecule has 2 heterocycles. The number of rotatable bonds is 1. The third-order valence-electron chi connectivity index (χ3n) is 3.75. The highest BCUT2D eigenvalue weighted by Crippen LogP contribution is 2.32. The van der Waals surface area contributed by atoms with Gasteiger partial charge in [-0.05, 0) is 37.1 Å². The third kappa shape index (κ3) is 2.41. The first kappa shape index (κ1) is 12.7. The maximum Gasteiger partial charge on any atom is 0.240 e. The number of carbonyl (C=O) groups is 2. The van der Waals surface area contributed by atoms with Crippen molar-refractivity contribution in [2.24, 2.45) is 0 Å². The van der Waals surface area contributed by atoms with E-state index in [2.05, 4.69) is 0 Å². The third-order valence-corrected chi connectivity index (χ3v) is 5.12. The Hall–Kier alpha value is -1.29. The van der Waals surface area contributed by atoms with Gasteiger partial charge in [-0.1, -0.05) is 12.1 Å². The molecular weight excluding hydrogens is 258 g/mol. The summed E-state index contributed by atoms with van der Waals surface area (Å²) in [4.78, 5) is 26.5. The highest BCUT2D eigenvalue weighted by molar-refractivity contribution is 8.00. The molecule has 2 aliphatic heterocycles. The fourth-order valence-corrected chi connectivity index (χ4v) is 3.99. The molecule has 1 amide bonds. The Labute approximate surface area is 117 Å². The number of benzene rings is 1. The number of anilines is 1. The Bertz CT molecular complexity index is 509. The molecule has 1 atom stereocenters. The lowest BCUT2D eigenvalue weighted by Crippen LogP contribution is -2.37. The van der Waals surface area contributed by atoms with E-state index in [-0.39, 0.29) is 16.9 Å². The predicted octanol–water partition coefficient (Wildman–Crippen LogP) is 2.89. The summed E-state index contributed by atoms with van der Waals surface area (Å²) in [5, 5.41) is 0.0845. The van der Waals surface area contributed by atoms with Gasteiger partial charge in [0.1, 0.15) is 0 Å². The van der Waals surface area contributed by atoms with Crippen LogP contribution in [-0.2, 0) is 4.79 Å². The highest BCUT2D eigenvalue weighted by Gasteiger charge is 2.31. The first-order valence-corrected chi connectivity index (χ1v) is 7.87. The van der Waals surface area contributed by atoms with Gasteiger partial charge in [0.2, 0.25) is 5.91 Å². The molecule has 0 saturated carbocycles. The minimum atomic E-state index is 0.0845. The van der Waals surface area contributed by atoms with E-state index in [1.54, 1.807) is 11.8 Å². The van der Waals surface area contributed by atoms with E-state index >= 15 is 0 Å². The molecule has 100 valence electrons. The molecular formula is C15H17NO2S. The average Bonchev–Trinajstić information content (AvgIpc) is 2.91. The van der Waals surface area contributed by atoms with Crippen molar-refractivity contribution in [1.82, 2.24) is 0 Å². The van der Waals surface area contributed by atoms with Crippen molar-refractivity contribution >= 4 is 29.1 Å². The van der Waals surface area contributed by atoms with E-state index < -0.39 is 0 Å². The number of hydrogen-bond donors (Lipinski definition) is 0. The van der Waals surface area contributed by atoms with E-state index in [9.17, 15) is 9.59 Å². The standard InChI is InChI=1S/C15H17NO2S/c17-13-7-3-9-16(12-6-2-1-5-11(12)13)15(18)14-8-4-10-19-14/h1-2,5-6,14H,3-4,7-10H2. The Morgan fingerprint density at radius 2 is 2.11 bits per heavy atom. The number of fused-ring (bicyclic) bond motifs is 1. The van der Waals surface area contributed by atoms with Gasteiger partial charge in [0, 0.05) is 18.5 Å². The van der Waals surface area contributed by atoms with Crippen LogP contribution in [-0.4, -0.2) is 29.2 Å². The maximum atomic E-state index is 12.6. The van der Waals surface area contributed by atoms with Crippen molar-refractivity contribution in [2.75, 3.05) is 17.2 Å². The summed E-state index contributed by atoms with van der Waals surface area (Å²) in [5.41, 5.74) is 1.51. The van der Waals surface area contributed by atoms with E-state index in [1.165, 1.54) is 0 Å². The van der Waals surface area contributed by atoms with Gasteiger partial charge in [0.25, 0.3) is 0 Å². The molecule has 0 radical (unpaired) electrons. The van der Waals surface area contributed by atoms with Gasteiger partial charge in [0.15, 0.2) is 5.78 Å². The maximum absolute atomic E-state index is 12.6. The summed E-state index contributed by atoms with van der Waals surface area (Å²) < 4.78 is 0. The molecule has 19 heavy (non-hydrogen) atoms. The summed E-state index contributed by atoms with van der Waals surface area (Å²) in [6.07, 6.45) is 3.39. The minimum Gasteiger partial charge on any atom is -0.311 e. The number of Topliss-reactive ketones (excluding diaryl/α,β-unsaturated/α-hetero) is 1. The number of amides is 1. The molecule has 2 aliphatic rings. The second-order valence-electron chi connectivity index (χ2n) is 5.04. The van der Waals surface area contributed by atoms with Gasteiger partial charge in [-0.2, -0.15) is 0 Å². The SMILES string of the molecule is O=C1CCCN(C(=O)C2CCCS2)c2ccccc21.